The van der Waals surface area contributed by atoms with E-state index in [-0.39, 0.29) is 23.1 Å². The molecule has 6 nitrogen and oxygen atoms in total. The fraction of sp³-hybridized carbons (Fsp3) is 0.667. The summed E-state index contributed by atoms with van der Waals surface area (Å²) in [5.41, 5.74) is -0.348. The summed E-state index contributed by atoms with van der Waals surface area (Å²) in [6, 6.07) is 0. The van der Waals surface area contributed by atoms with Crippen LogP contribution in [-0.4, -0.2) is 21.8 Å². The maximum Gasteiger partial charge on any atom is 0.331 e. The zero-order valence-electron chi connectivity index (χ0n) is 9.65. The summed E-state index contributed by atoms with van der Waals surface area (Å²) in [6.45, 7) is 5.67. The summed E-state index contributed by atoms with van der Waals surface area (Å²) >= 11 is 5.95. The molecule has 0 amide bonds. The zero-order valence-corrected chi connectivity index (χ0v) is 10.4. The van der Waals surface area contributed by atoms with Crippen molar-refractivity contribution in [2.45, 2.75) is 32.9 Å². The highest BCUT2D eigenvalue weighted by Crippen LogP contribution is 2.32. The van der Waals surface area contributed by atoms with Crippen LogP contribution in [0.2, 0.25) is 5.15 Å². The number of rotatable bonds is 3. The molecule has 0 radical (unpaired) electrons. The normalized spacial score (nSPS) is 11.8. The Morgan fingerprint density at radius 2 is 2.12 bits per heavy atom. The molecule has 0 unspecified atom stereocenters. The van der Waals surface area contributed by atoms with E-state index >= 15 is 0 Å². The molecule has 1 rings (SSSR count). The van der Waals surface area contributed by atoms with Gasteiger partial charge in [-0.2, -0.15) is 5.10 Å². The minimum Gasteiger partial charge on any atom is -0.378 e. The summed E-state index contributed by atoms with van der Waals surface area (Å²) in [6.07, 6.45) is 0. The molecule has 1 aromatic rings. The molecule has 0 N–H and O–H groups in total. The summed E-state index contributed by atoms with van der Waals surface area (Å²) in [5.74, 6) is 0. The number of nitrogens with zero attached hydrogens (tertiary/aromatic N) is 3. The Morgan fingerprint density at radius 3 is 2.50 bits per heavy atom. The van der Waals surface area contributed by atoms with Crippen LogP contribution in [0.25, 0.3) is 0 Å². The van der Waals surface area contributed by atoms with E-state index in [1.807, 2.05) is 20.8 Å². The fourth-order valence-electron chi connectivity index (χ4n) is 1.29. The number of hydrogen-bond acceptors (Lipinski definition) is 4. The standard InChI is InChI=1S/C9H14ClN3O3/c1-9(2,3)12-8(10)7(13(14)15)6(11-12)5-16-4/h5H2,1-4H3. The summed E-state index contributed by atoms with van der Waals surface area (Å²) in [7, 11) is 1.45. The molecule has 0 aliphatic heterocycles. The molecule has 0 aromatic carbocycles. The molecule has 0 bridgehead atoms. The number of ether oxygens (including phenoxy) is 1. The van der Waals surface area contributed by atoms with Gasteiger partial charge < -0.3 is 4.74 Å². The molecule has 1 aromatic heterocycles. The predicted molar refractivity (Wildman–Crippen MR) is 59.6 cm³/mol. The highest BCUT2D eigenvalue weighted by atomic mass is 35.5. The third-order valence-electron chi connectivity index (χ3n) is 1.97. The van der Waals surface area contributed by atoms with Gasteiger partial charge in [-0.3, -0.25) is 10.1 Å². The van der Waals surface area contributed by atoms with Crippen molar-refractivity contribution in [1.29, 1.82) is 0 Å². The maximum atomic E-state index is 10.9. The lowest BCUT2D eigenvalue weighted by atomic mass is 10.1. The topological polar surface area (TPSA) is 70.2 Å². The van der Waals surface area contributed by atoms with Crippen LogP contribution in [0, 0.1) is 10.1 Å². The number of halogens is 1. The van der Waals surface area contributed by atoms with Crippen LogP contribution < -0.4 is 0 Å². The van der Waals surface area contributed by atoms with Gasteiger partial charge >= 0.3 is 5.69 Å². The van der Waals surface area contributed by atoms with Gasteiger partial charge in [0.05, 0.1) is 17.1 Å². The minimum atomic E-state index is -0.536. The number of nitro groups is 1. The third kappa shape index (κ3) is 2.33. The summed E-state index contributed by atoms with van der Waals surface area (Å²) in [4.78, 5) is 10.3. The Hall–Kier alpha value is -1.14. The SMILES string of the molecule is COCc1nn(C(C)(C)C)c(Cl)c1[N+](=O)[O-]. The average molecular weight is 248 g/mol. The van der Waals surface area contributed by atoms with Gasteiger partial charge in [-0.1, -0.05) is 11.6 Å². The first kappa shape index (κ1) is 12.9. The quantitative estimate of drug-likeness (QED) is 0.607. The number of hydrogen-bond donors (Lipinski definition) is 0. The predicted octanol–water partition coefficient (Wildman–Crippen LogP) is 2.35. The average Bonchev–Trinajstić information content (AvgIpc) is 2.42. The van der Waals surface area contributed by atoms with Crippen molar-refractivity contribution >= 4 is 17.3 Å². The van der Waals surface area contributed by atoms with Crippen LogP contribution in [0.5, 0.6) is 0 Å². The monoisotopic (exact) mass is 247 g/mol. The van der Waals surface area contributed by atoms with Gasteiger partial charge in [-0.05, 0) is 20.8 Å². The van der Waals surface area contributed by atoms with Gasteiger partial charge in [0.25, 0.3) is 0 Å². The third-order valence-corrected chi connectivity index (χ3v) is 2.31. The molecule has 0 saturated heterocycles. The molecule has 16 heavy (non-hydrogen) atoms. The van der Waals surface area contributed by atoms with E-state index in [9.17, 15) is 10.1 Å². The molecule has 0 atom stereocenters. The number of methoxy groups -OCH3 is 1. The summed E-state index contributed by atoms with van der Waals surface area (Å²) in [5, 5.41) is 15.0. The maximum absolute atomic E-state index is 10.9. The van der Waals surface area contributed by atoms with Crippen molar-refractivity contribution in [2.75, 3.05) is 7.11 Å². The highest BCUT2D eigenvalue weighted by Gasteiger charge is 2.30. The first-order valence-corrected chi connectivity index (χ1v) is 5.08. The van der Waals surface area contributed by atoms with Crippen LogP contribution in [0.1, 0.15) is 26.5 Å². The van der Waals surface area contributed by atoms with E-state index in [0.717, 1.165) is 0 Å². The fourth-order valence-corrected chi connectivity index (χ4v) is 1.76. The van der Waals surface area contributed by atoms with E-state index in [2.05, 4.69) is 5.10 Å². The first-order chi connectivity index (χ1) is 7.29. The second-order valence-electron chi connectivity index (χ2n) is 4.36. The molecular formula is C9H14ClN3O3. The first-order valence-electron chi connectivity index (χ1n) is 4.70. The molecule has 0 aliphatic rings. The van der Waals surface area contributed by atoms with Crippen molar-refractivity contribution < 1.29 is 9.66 Å². The van der Waals surface area contributed by atoms with Crippen LogP contribution in [0.15, 0.2) is 0 Å². The highest BCUT2D eigenvalue weighted by molar-refractivity contribution is 6.31. The van der Waals surface area contributed by atoms with E-state index in [0.29, 0.717) is 0 Å². The lowest BCUT2D eigenvalue weighted by Gasteiger charge is -2.19. The molecule has 1 heterocycles. The van der Waals surface area contributed by atoms with Gasteiger partial charge in [0, 0.05) is 7.11 Å². The molecule has 7 heteroatoms. The largest absolute Gasteiger partial charge is 0.378 e. The molecule has 0 spiro atoms. The van der Waals surface area contributed by atoms with Gasteiger partial charge in [0.15, 0.2) is 5.69 Å². The van der Waals surface area contributed by atoms with Crippen molar-refractivity contribution in [1.82, 2.24) is 9.78 Å². The van der Waals surface area contributed by atoms with Crippen LogP contribution >= 0.6 is 11.6 Å². The Balaban J connectivity index is 3.36. The summed E-state index contributed by atoms with van der Waals surface area (Å²) < 4.78 is 6.29. The van der Waals surface area contributed by atoms with Crippen LogP contribution in [0.3, 0.4) is 0 Å². The van der Waals surface area contributed by atoms with Crippen molar-refractivity contribution in [2.24, 2.45) is 0 Å². The van der Waals surface area contributed by atoms with E-state index in [4.69, 9.17) is 16.3 Å². The second kappa shape index (κ2) is 4.39. The molecule has 0 fully saturated rings. The van der Waals surface area contributed by atoms with Crippen LogP contribution in [0.4, 0.5) is 5.69 Å². The van der Waals surface area contributed by atoms with Crippen LogP contribution in [-0.2, 0) is 16.9 Å². The van der Waals surface area contributed by atoms with E-state index in [1.54, 1.807) is 0 Å². The van der Waals surface area contributed by atoms with Crippen molar-refractivity contribution in [3.05, 3.63) is 21.0 Å². The Bertz CT molecular complexity index is 409. The van der Waals surface area contributed by atoms with Crippen molar-refractivity contribution in [3.8, 4) is 0 Å². The van der Waals surface area contributed by atoms with E-state index in [1.165, 1.54) is 11.8 Å². The lowest BCUT2D eigenvalue weighted by molar-refractivity contribution is -0.385. The minimum absolute atomic E-state index is 0.0320. The zero-order chi connectivity index (χ0) is 12.5. The molecule has 0 aliphatic carbocycles. The lowest BCUT2D eigenvalue weighted by Crippen LogP contribution is -2.23. The Labute approximate surface area is 98.3 Å². The van der Waals surface area contributed by atoms with Gasteiger partial charge in [0.1, 0.15) is 0 Å². The Kier molecular flexibility index (Phi) is 3.54. The molecule has 90 valence electrons. The second-order valence-corrected chi connectivity index (χ2v) is 4.72. The van der Waals surface area contributed by atoms with E-state index < -0.39 is 10.5 Å². The van der Waals surface area contributed by atoms with Gasteiger partial charge in [0.2, 0.25) is 5.15 Å². The smallest absolute Gasteiger partial charge is 0.331 e. The Morgan fingerprint density at radius 1 is 1.56 bits per heavy atom. The van der Waals surface area contributed by atoms with Gasteiger partial charge in [-0.25, -0.2) is 4.68 Å². The molecular weight excluding hydrogens is 234 g/mol. The van der Waals surface area contributed by atoms with Gasteiger partial charge in [-0.15, -0.1) is 0 Å². The number of aromatic nitrogens is 2. The molecule has 0 saturated carbocycles. The van der Waals surface area contributed by atoms with Crippen molar-refractivity contribution in [3.63, 3.8) is 0 Å².